The Morgan fingerprint density at radius 3 is 3.00 bits per heavy atom. The number of hydrogen-bond donors (Lipinski definition) is 2. The van der Waals surface area contributed by atoms with E-state index in [1.165, 1.54) is 0 Å². The van der Waals surface area contributed by atoms with Crippen molar-refractivity contribution in [2.45, 2.75) is 26.3 Å². The summed E-state index contributed by atoms with van der Waals surface area (Å²) in [4.78, 5) is 8.91. The van der Waals surface area contributed by atoms with Gasteiger partial charge >= 0.3 is 0 Å². The Morgan fingerprint density at radius 2 is 2.28 bits per heavy atom. The molecule has 1 aromatic carbocycles. The highest BCUT2D eigenvalue weighted by atomic mass is 35.5. The molecule has 0 bridgehead atoms. The Balaban J connectivity index is 1.93. The highest BCUT2D eigenvalue weighted by Crippen LogP contribution is 2.19. The molecule has 1 unspecified atom stereocenters. The van der Waals surface area contributed by atoms with E-state index in [2.05, 4.69) is 25.8 Å². The number of aliphatic imine (C=N–C) groups is 1. The van der Waals surface area contributed by atoms with Crippen LogP contribution < -0.4 is 10.6 Å². The van der Waals surface area contributed by atoms with Crippen LogP contribution in [0.2, 0.25) is 5.02 Å². The van der Waals surface area contributed by atoms with Gasteiger partial charge in [0.05, 0.1) is 13.2 Å². The van der Waals surface area contributed by atoms with Crippen molar-refractivity contribution in [1.82, 2.24) is 20.8 Å². The topological polar surface area (TPSA) is 84.6 Å². The van der Waals surface area contributed by atoms with Crippen LogP contribution in [0.1, 0.15) is 19.7 Å². The molecule has 0 aliphatic carbocycles. The van der Waals surface area contributed by atoms with Gasteiger partial charge in [-0.2, -0.15) is 4.98 Å². The maximum Gasteiger partial charge on any atom is 0.228 e. The van der Waals surface area contributed by atoms with Gasteiger partial charge < -0.3 is 19.9 Å². The third-order valence-corrected chi connectivity index (χ3v) is 3.53. The van der Waals surface area contributed by atoms with Crippen molar-refractivity contribution in [2.75, 3.05) is 26.8 Å². The molecular weight excluding hydrogens is 342 g/mol. The minimum absolute atomic E-state index is 0.167. The number of guanidine groups is 1. The third-order valence-electron chi connectivity index (χ3n) is 3.29. The van der Waals surface area contributed by atoms with Crippen LogP contribution >= 0.6 is 11.6 Å². The zero-order valence-electron chi connectivity index (χ0n) is 14.8. The van der Waals surface area contributed by atoms with E-state index in [1.807, 2.05) is 26.0 Å². The number of rotatable bonds is 8. The number of methoxy groups -OCH3 is 1. The molecule has 0 saturated heterocycles. The highest BCUT2D eigenvalue weighted by Gasteiger charge is 2.09. The van der Waals surface area contributed by atoms with Gasteiger partial charge in [-0.3, -0.25) is 4.99 Å². The lowest BCUT2D eigenvalue weighted by Crippen LogP contribution is -2.44. The summed E-state index contributed by atoms with van der Waals surface area (Å²) in [5.41, 5.74) is 0.828. The second-order valence-electron chi connectivity index (χ2n) is 5.53. The normalized spacial score (nSPS) is 12.9. The zero-order valence-corrected chi connectivity index (χ0v) is 15.5. The van der Waals surface area contributed by atoms with Crippen LogP contribution in [-0.4, -0.2) is 48.9 Å². The molecule has 0 radical (unpaired) electrons. The van der Waals surface area contributed by atoms with Gasteiger partial charge in [-0.1, -0.05) is 28.9 Å². The molecule has 0 amide bonds. The largest absolute Gasteiger partial charge is 0.383 e. The third kappa shape index (κ3) is 6.36. The van der Waals surface area contributed by atoms with Crippen molar-refractivity contribution >= 4 is 17.6 Å². The average Bonchev–Trinajstić information content (AvgIpc) is 3.04. The molecule has 8 heteroatoms. The van der Waals surface area contributed by atoms with E-state index in [9.17, 15) is 0 Å². The fraction of sp³-hybridized carbons (Fsp3) is 0.471. The zero-order chi connectivity index (χ0) is 18.1. The van der Waals surface area contributed by atoms with Crippen LogP contribution in [0.25, 0.3) is 11.4 Å². The lowest BCUT2D eigenvalue weighted by Gasteiger charge is -2.16. The molecule has 136 valence electrons. The van der Waals surface area contributed by atoms with Gasteiger partial charge in [-0.05, 0) is 26.0 Å². The van der Waals surface area contributed by atoms with Crippen LogP contribution in [0.5, 0.6) is 0 Å². The Labute approximate surface area is 152 Å². The summed E-state index contributed by atoms with van der Waals surface area (Å²) in [7, 11) is 1.68. The van der Waals surface area contributed by atoms with Gasteiger partial charge in [0.1, 0.15) is 0 Å². The number of hydrogen-bond acceptors (Lipinski definition) is 5. The van der Waals surface area contributed by atoms with E-state index in [0.29, 0.717) is 36.3 Å². The molecule has 0 fully saturated rings. The summed E-state index contributed by atoms with van der Waals surface area (Å²) in [6.45, 7) is 5.98. The first kappa shape index (κ1) is 19.2. The summed E-state index contributed by atoms with van der Waals surface area (Å²) in [5.74, 6) is 1.81. The van der Waals surface area contributed by atoms with Crippen molar-refractivity contribution in [3.8, 4) is 11.4 Å². The van der Waals surface area contributed by atoms with E-state index in [0.717, 1.165) is 18.1 Å². The van der Waals surface area contributed by atoms with Crippen molar-refractivity contribution in [1.29, 1.82) is 0 Å². The Morgan fingerprint density at radius 1 is 1.44 bits per heavy atom. The molecule has 7 nitrogen and oxygen atoms in total. The van der Waals surface area contributed by atoms with E-state index < -0.39 is 0 Å². The first-order valence-electron chi connectivity index (χ1n) is 8.24. The standard InChI is InChI=1S/C17H24ClN5O2/c1-4-19-17(21-12(2)11-24-3)20-9-8-15-22-16(23-25-15)13-6-5-7-14(18)10-13/h5-7,10,12H,4,8-9,11H2,1-3H3,(H2,19,20,21). The monoisotopic (exact) mass is 365 g/mol. The Hall–Kier alpha value is -2.12. The van der Waals surface area contributed by atoms with Gasteiger partial charge in [0.2, 0.25) is 11.7 Å². The van der Waals surface area contributed by atoms with Crippen LogP contribution in [-0.2, 0) is 11.2 Å². The highest BCUT2D eigenvalue weighted by molar-refractivity contribution is 6.30. The number of nitrogens with zero attached hydrogens (tertiary/aromatic N) is 3. The van der Waals surface area contributed by atoms with Crippen LogP contribution in [0, 0.1) is 0 Å². The summed E-state index contributed by atoms with van der Waals surface area (Å²) < 4.78 is 10.4. The maximum absolute atomic E-state index is 5.99. The van der Waals surface area contributed by atoms with Crippen molar-refractivity contribution in [2.24, 2.45) is 4.99 Å². The molecule has 0 saturated carbocycles. The average molecular weight is 366 g/mol. The van der Waals surface area contributed by atoms with Gasteiger partial charge in [0.25, 0.3) is 0 Å². The molecule has 2 N–H and O–H groups in total. The summed E-state index contributed by atoms with van der Waals surface area (Å²) in [6.07, 6.45) is 0.558. The molecule has 0 spiro atoms. The minimum Gasteiger partial charge on any atom is -0.383 e. The van der Waals surface area contributed by atoms with Crippen molar-refractivity contribution in [3.05, 3.63) is 35.2 Å². The van der Waals surface area contributed by atoms with E-state index in [1.54, 1.807) is 19.2 Å². The van der Waals surface area contributed by atoms with Crippen LogP contribution in [0.3, 0.4) is 0 Å². The van der Waals surface area contributed by atoms with Crippen LogP contribution in [0.15, 0.2) is 33.8 Å². The smallest absolute Gasteiger partial charge is 0.228 e. The summed E-state index contributed by atoms with van der Waals surface area (Å²) in [5, 5.41) is 11.1. The first-order chi connectivity index (χ1) is 12.1. The van der Waals surface area contributed by atoms with E-state index in [-0.39, 0.29) is 6.04 Å². The predicted octanol–water partition coefficient (Wildman–Crippen LogP) is 2.52. The fourth-order valence-corrected chi connectivity index (χ4v) is 2.40. The predicted molar refractivity (Wildman–Crippen MR) is 98.9 cm³/mol. The number of ether oxygens (including phenoxy) is 1. The quantitative estimate of drug-likeness (QED) is 0.552. The molecular formula is C17H24ClN5O2. The Bertz CT molecular complexity index is 689. The summed E-state index contributed by atoms with van der Waals surface area (Å²) >= 11 is 5.99. The second kappa shape index (κ2) is 10.0. The molecule has 1 heterocycles. The van der Waals surface area contributed by atoms with E-state index >= 15 is 0 Å². The van der Waals surface area contributed by atoms with Gasteiger partial charge in [-0.25, -0.2) is 0 Å². The second-order valence-corrected chi connectivity index (χ2v) is 5.97. The molecule has 25 heavy (non-hydrogen) atoms. The fourth-order valence-electron chi connectivity index (χ4n) is 2.21. The minimum atomic E-state index is 0.167. The van der Waals surface area contributed by atoms with Crippen molar-refractivity contribution < 1.29 is 9.26 Å². The number of halogens is 1. The molecule has 2 rings (SSSR count). The lowest BCUT2D eigenvalue weighted by molar-refractivity contribution is 0.179. The van der Waals surface area contributed by atoms with Gasteiger partial charge in [-0.15, -0.1) is 0 Å². The molecule has 1 atom stereocenters. The van der Waals surface area contributed by atoms with Crippen LogP contribution in [0.4, 0.5) is 0 Å². The van der Waals surface area contributed by atoms with E-state index in [4.69, 9.17) is 20.9 Å². The maximum atomic E-state index is 5.99. The summed E-state index contributed by atoms with van der Waals surface area (Å²) in [6, 6.07) is 7.52. The lowest BCUT2D eigenvalue weighted by atomic mass is 10.2. The van der Waals surface area contributed by atoms with Crippen molar-refractivity contribution in [3.63, 3.8) is 0 Å². The number of nitrogens with one attached hydrogen (secondary N) is 2. The van der Waals surface area contributed by atoms with Gasteiger partial charge in [0, 0.05) is 36.7 Å². The number of aromatic nitrogens is 2. The molecule has 1 aromatic heterocycles. The number of benzene rings is 1. The Kier molecular flexibility index (Phi) is 7.69. The van der Waals surface area contributed by atoms with Gasteiger partial charge in [0.15, 0.2) is 5.96 Å². The first-order valence-corrected chi connectivity index (χ1v) is 8.62. The molecule has 2 aromatic rings. The molecule has 0 aliphatic heterocycles. The SMILES string of the molecule is CCNC(=NCCc1nc(-c2cccc(Cl)c2)no1)NC(C)COC. The molecule has 0 aliphatic rings.